The molecular weight excluding hydrogens is 180 g/mol. The quantitative estimate of drug-likeness (QED) is 0.672. The van der Waals surface area contributed by atoms with Gasteiger partial charge in [0.1, 0.15) is 0 Å². The van der Waals surface area contributed by atoms with Crippen LogP contribution in [0, 0.1) is 0 Å². The third-order valence-corrected chi connectivity index (χ3v) is 2.51. The Balaban J connectivity index is 2.40. The van der Waals surface area contributed by atoms with Gasteiger partial charge in [0.15, 0.2) is 0 Å². The zero-order valence-corrected chi connectivity index (χ0v) is 9.21. The molecule has 0 saturated carbocycles. The van der Waals surface area contributed by atoms with E-state index in [0.717, 1.165) is 13.1 Å². The van der Waals surface area contributed by atoms with Gasteiger partial charge in [-0.15, -0.1) is 0 Å². The minimum atomic E-state index is -0.686. The number of piperazine rings is 1. The average Bonchev–Trinajstić information content (AvgIpc) is 2.06. The molecule has 14 heavy (non-hydrogen) atoms. The van der Waals surface area contributed by atoms with E-state index in [9.17, 15) is 9.90 Å². The van der Waals surface area contributed by atoms with Crippen LogP contribution in [0.1, 0.15) is 27.2 Å². The Morgan fingerprint density at radius 3 is 2.86 bits per heavy atom. The first kappa shape index (κ1) is 11.5. The Morgan fingerprint density at radius 1 is 1.64 bits per heavy atom. The Hall–Kier alpha value is -0.610. The predicted molar refractivity (Wildman–Crippen MR) is 55.0 cm³/mol. The molecule has 1 fully saturated rings. The highest BCUT2D eigenvalue weighted by atomic mass is 16.3. The summed E-state index contributed by atoms with van der Waals surface area (Å²) in [6.45, 7) is 7.65. The first-order chi connectivity index (χ1) is 6.40. The van der Waals surface area contributed by atoms with Crippen molar-refractivity contribution in [2.24, 2.45) is 0 Å². The van der Waals surface area contributed by atoms with Crippen molar-refractivity contribution in [1.29, 1.82) is 0 Å². The van der Waals surface area contributed by atoms with Gasteiger partial charge in [-0.1, -0.05) is 0 Å². The maximum Gasteiger partial charge on any atom is 0.239 e. The summed E-state index contributed by atoms with van der Waals surface area (Å²) in [5.41, 5.74) is -0.686. The Morgan fingerprint density at radius 2 is 2.29 bits per heavy atom. The van der Waals surface area contributed by atoms with Gasteiger partial charge in [0.2, 0.25) is 5.91 Å². The van der Waals surface area contributed by atoms with Crippen molar-refractivity contribution in [2.75, 3.05) is 19.6 Å². The fraction of sp³-hybridized carbons (Fsp3) is 0.900. The van der Waals surface area contributed by atoms with Gasteiger partial charge in [0.25, 0.3) is 0 Å². The first-order valence-electron chi connectivity index (χ1n) is 5.15. The zero-order chi connectivity index (χ0) is 10.8. The molecule has 1 aliphatic rings. The molecule has 2 N–H and O–H groups in total. The van der Waals surface area contributed by atoms with Crippen LogP contribution in [-0.2, 0) is 4.79 Å². The fourth-order valence-corrected chi connectivity index (χ4v) is 1.52. The minimum Gasteiger partial charge on any atom is -0.390 e. The van der Waals surface area contributed by atoms with Crippen molar-refractivity contribution in [3.63, 3.8) is 0 Å². The van der Waals surface area contributed by atoms with Crippen LogP contribution in [-0.4, -0.2) is 47.2 Å². The molecule has 1 atom stereocenters. The smallest absolute Gasteiger partial charge is 0.239 e. The highest BCUT2D eigenvalue weighted by Crippen LogP contribution is 2.10. The molecule has 0 aromatic heterocycles. The fourth-order valence-electron chi connectivity index (χ4n) is 1.52. The lowest BCUT2D eigenvalue weighted by molar-refractivity contribution is -0.135. The maximum atomic E-state index is 11.6. The summed E-state index contributed by atoms with van der Waals surface area (Å²) in [5.74, 6) is 0.139. The van der Waals surface area contributed by atoms with Crippen molar-refractivity contribution >= 4 is 5.91 Å². The molecule has 0 aromatic carbocycles. The molecule has 82 valence electrons. The van der Waals surface area contributed by atoms with E-state index in [0.29, 0.717) is 13.0 Å². The number of nitrogens with one attached hydrogen (secondary N) is 1. The summed E-state index contributed by atoms with van der Waals surface area (Å²) >= 11 is 0. The first-order valence-corrected chi connectivity index (χ1v) is 5.15. The van der Waals surface area contributed by atoms with Gasteiger partial charge in [-0.25, -0.2) is 0 Å². The van der Waals surface area contributed by atoms with Crippen molar-refractivity contribution < 1.29 is 9.90 Å². The van der Waals surface area contributed by atoms with E-state index in [1.165, 1.54) is 0 Å². The van der Waals surface area contributed by atoms with Crippen LogP contribution in [0.5, 0.6) is 0 Å². The third kappa shape index (κ3) is 3.27. The summed E-state index contributed by atoms with van der Waals surface area (Å²) in [5, 5.41) is 12.7. The van der Waals surface area contributed by atoms with E-state index in [1.807, 2.05) is 11.8 Å². The Labute approximate surface area is 85.3 Å². The number of carbonyl (C=O) groups is 1. The highest BCUT2D eigenvalue weighted by molar-refractivity contribution is 5.82. The van der Waals surface area contributed by atoms with E-state index in [-0.39, 0.29) is 11.9 Å². The molecule has 0 aromatic rings. The van der Waals surface area contributed by atoms with Gasteiger partial charge in [0.05, 0.1) is 11.6 Å². The van der Waals surface area contributed by atoms with Gasteiger partial charge in [-0.3, -0.25) is 4.79 Å². The minimum absolute atomic E-state index is 0.0782. The van der Waals surface area contributed by atoms with Gasteiger partial charge in [0, 0.05) is 19.6 Å². The number of nitrogens with zero attached hydrogens (tertiary/aromatic N) is 1. The molecule has 0 aliphatic carbocycles. The van der Waals surface area contributed by atoms with Crippen LogP contribution < -0.4 is 5.32 Å². The van der Waals surface area contributed by atoms with E-state index in [2.05, 4.69) is 5.32 Å². The number of amides is 1. The Bertz CT molecular complexity index is 211. The number of carbonyl (C=O) groups excluding carboxylic acids is 1. The third-order valence-electron chi connectivity index (χ3n) is 2.51. The zero-order valence-electron chi connectivity index (χ0n) is 9.21. The largest absolute Gasteiger partial charge is 0.390 e. The van der Waals surface area contributed by atoms with Gasteiger partial charge < -0.3 is 15.3 Å². The average molecular weight is 200 g/mol. The topological polar surface area (TPSA) is 52.6 Å². The second-order valence-electron chi connectivity index (χ2n) is 4.56. The molecule has 1 amide bonds. The van der Waals surface area contributed by atoms with E-state index < -0.39 is 5.60 Å². The normalized spacial score (nSPS) is 24.1. The van der Waals surface area contributed by atoms with Crippen LogP contribution in [0.25, 0.3) is 0 Å². The van der Waals surface area contributed by atoms with E-state index in [1.54, 1.807) is 13.8 Å². The molecule has 1 rings (SSSR count). The second kappa shape index (κ2) is 4.28. The molecule has 0 radical (unpaired) electrons. The molecule has 1 unspecified atom stereocenters. The number of rotatable bonds is 3. The predicted octanol–water partition coefficient (Wildman–Crippen LogP) is -0.0323. The van der Waals surface area contributed by atoms with E-state index in [4.69, 9.17) is 0 Å². The number of aliphatic hydroxyl groups is 1. The molecule has 1 heterocycles. The standard InChI is InChI=1S/C10H20N2O2/c1-8-9(13)12(7-5-11-8)6-4-10(2,3)14/h8,11,14H,4-7H2,1-3H3. The molecule has 1 saturated heterocycles. The molecule has 0 bridgehead atoms. The molecule has 1 aliphatic heterocycles. The summed E-state index contributed by atoms with van der Waals surface area (Å²) in [7, 11) is 0. The van der Waals surface area contributed by atoms with E-state index >= 15 is 0 Å². The van der Waals surface area contributed by atoms with Crippen LogP contribution in [0.3, 0.4) is 0 Å². The van der Waals surface area contributed by atoms with Crippen molar-refractivity contribution in [3.8, 4) is 0 Å². The second-order valence-corrected chi connectivity index (χ2v) is 4.56. The van der Waals surface area contributed by atoms with Gasteiger partial charge in [-0.05, 0) is 27.2 Å². The molecular formula is C10H20N2O2. The lowest BCUT2D eigenvalue weighted by Gasteiger charge is -2.33. The number of hydrogen-bond donors (Lipinski definition) is 2. The van der Waals surface area contributed by atoms with Gasteiger partial charge in [-0.2, -0.15) is 0 Å². The summed E-state index contributed by atoms with van der Waals surface area (Å²) < 4.78 is 0. The number of hydrogen-bond acceptors (Lipinski definition) is 3. The molecule has 0 spiro atoms. The summed E-state index contributed by atoms with van der Waals surface area (Å²) in [4.78, 5) is 13.4. The van der Waals surface area contributed by atoms with Crippen molar-refractivity contribution in [3.05, 3.63) is 0 Å². The summed E-state index contributed by atoms with van der Waals surface area (Å²) in [6, 6.07) is -0.0782. The molecule has 4 heteroatoms. The van der Waals surface area contributed by atoms with Crippen molar-refractivity contribution in [2.45, 2.75) is 38.8 Å². The van der Waals surface area contributed by atoms with Crippen LogP contribution in [0.4, 0.5) is 0 Å². The SMILES string of the molecule is CC1NCCN(CCC(C)(C)O)C1=O. The monoisotopic (exact) mass is 200 g/mol. The summed E-state index contributed by atoms with van der Waals surface area (Å²) in [6.07, 6.45) is 0.630. The highest BCUT2D eigenvalue weighted by Gasteiger charge is 2.25. The lowest BCUT2D eigenvalue weighted by atomic mass is 10.0. The van der Waals surface area contributed by atoms with Crippen LogP contribution in [0.2, 0.25) is 0 Å². The van der Waals surface area contributed by atoms with Crippen molar-refractivity contribution in [1.82, 2.24) is 10.2 Å². The van der Waals surface area contributed by atoms with Crippen LogP contribution >= 0.6 is 0 Å². The lowest BCUT2D eigenvalue weighted by Crippen LogP contribution is -2.54. The Kier molecular flexibility index (Phi) is 3.50. The maximum absolute atomic E-state index is 11.6. The van der Waals surface area contributed by atoms with Gasteiger partial charge >= 0.3 is 0 Å². The van der Waals surface area contributed by atoms with Crippen LogP contribution in [0.15, 0.2) is 0 Å². The molecule has 4 nitrogen and oxygen atoms in total.